The fraction of sp³-hybridized carbons (Fsp3) is 0.667. The third kappa shape index (κ3) is 2.75. The van der Waals surface area contributed by atoms with E-state index in [9.17, 15) is 4.79 Å². The number of hydrogen-bond acceptors (Lipinski definition) is 3. The van der Waals surface area contributed by atoms with Crippen molar-refractivity contribution in [1.29, 1.82) is 0 Å². The summed E-state index contributed by atoms with van der Waals surface area (Å²) in [5.41, 5.74) is 0. The zero-order valence-electron chi connectivity index (χ0n) is 7.40. The van der Waals surface area contributed by atoms with E-state index in [-0.39, 0.29) is 18.5 Å². The second-order valence-corrected chi connectivity index (χ2v) is 3.03. The van der Waals surface area contributed by atoms with Gasteiger partial charge in [-0.2, -0.15) is 0 Å². The van der Waals surface area contributed by atoms with Gasteiger partial charge in [0.15, 0.2) is 6.29 Å². The molecule has 0 saturated heterocycles. The van der Waals surface area contributed by atoms with Crippen molar-refractivity contribution >= 4 is 6.29 Å². The van der Waals surface area contributed by atoms with Gasteiger partial charge in [0.05, 0.1) is 6.10 Å². The van der Waals surface area contributed by atoms with Crippen LogP contribution in [0.4, 0.5) is 0 Å². The van der Waals surface area contributed by atoms with Gasteiger partial charge >= 0.3 is 0 Å². The van der Waals surface area contributed by atoms with Gasteiger partial charge in [0.25, 0.3) is 0 Å². The minimum absolute atomic E-state index is 0.116. The van der Waals surface area contributed by atoms with Gasteiger partial charge in [-0.25, -0.2) is 0 Å². The average molecular weight is 170 g/mol. The van der Waals surface area contributed by atoms with Gasteiger partial charge < -0.3 is 14.3 Å². The van der Waals surface area contributed by atoms with E-state index in [0.717, 1.165) is 6.29 Å². The molecule has 0 amide bonds. The van der Waals surface area contributed by atoms with E-state index in [1.807, 2.05) is 26.0 Å². The normalized spacial score (nSPS) is 29.2. The summed E-state index contributed by atoms with van der Waals surface area (Å²) in [6.45, 7) is 3.86. The van der Waals surface area contributed by atoms with Gasteiger partial charge in [0.1, 0.15) is 12.4 Å². The van der Waals surface area contributed by atoms with Crippen molar-refractivity contribution in [2.45, 2.75) is 38.8 Å². The Morgan fingerprint density at radius 1 is 1.67 bits per heavy atom. The summed E-state index contributed by atoms with van der Waals surface area (Å²) in [6, 6.07) is 0. The standard InChI is InChI=1S/C9H14O3/c1-7(2)11-9-5-3-4-8(6-10)12-9/h3,5-9H,4H2,1-2H3/t8-,9+/m1/s1. The van der Waals surface area contributed by atoms with Crippen LogP contribution in [-0.2, 0) is 14.3 Å². The van der Waals surface area contributed by atoms with Crippen molar-refractivity contribution in [3.63, 3.8) is 0 Å². The molecule has 0 aromatic carbocycles. The molecule has 1 heterocycles. The summed E-state index contributed by atoms with van der Waals surface area (Å²) in [7, 11) is 0. The van der Waals surface area contributed by atoms with Gasteiger partial charge in [-0.3, -0.25) is 0 Å². The Bertz CT molecular complexity index is 175. The average Bonchev–Trinajstić information content (AvgIpc) is 2.03. The van der Waals surface area contributed by atoms with Crippen LogP contribution < -0.4 is 0 Å². The third-order valence-corrected chi connectivity index (χ3v) is 1.53. The summed E-state index contributed by atoms with van der Waals surface area (Å²) in [4.78, 5) is 10.4. The van der Waals surface area contributed by atoms with Crippen LogP contribution in [0.5, 0.6) is 0 Å². The first kappa shape index (κ1) is 9.42. The molecule has 0 saturated carbocycles. The minimum Gasteiger partial charge on any atom is -0.346 e. The third-order valence-electron chi connectivity index (χ3n) is 1.53. The van der Waals surface area contributed by atoms with Gasteiger partial charge in [0, 0.05) is 0 Å². The van der Waals surface area contributed by atoms with E-state index in [1.165, 1.54) is 0 Å². The molecule has 0 aromatic heterocycles. The molecule has 1 aliphatic rings. The van der Waals surface area contributed by atoms with E-state index < -0.39 is 0 Å². The summed E-state index contributed by atoms with van der Waals surface area (Å²) in [6.07, 6.45) is 4.63. The summed E-state index contributed by atoms with van der Waals surface area (Å²) < 4.78 is 10.6. The second-order valence-electron chi connectivity index (χ2n) is 3.03. The first-order chi connectivity index (χ1) is 5.72. The zero-order chi connectivity index (χ0) is 8.97. The molecule has 1 rings (SSSR count). The Labute approximate surface area is 72.4 Å². The van der Waals surface area contributed by atoms with Crippen molar-refractivity contribution in [2.24, 2.45) is 0 Å². The maximum Gasteiger partial charge on any atom is 0.178 e. The van der Waals surface area contributed by atoms with Crippen molar-refractivity contribution < 1.29 is 14.3 Å². The predicted octanol–water partition coefficient (Wildman–Crippen LogP) is 1.28. The monoisotopic (exact) mass is 170 g/mol. The van der Waals surface area contributed by atoms with E-state index in [4.69, 9.17) is 9.47 Å². The van der Waals surface area contributed by atoms with Crippen LogP contribution in [-0.4, -0.2) is 24.8 Å². The molecule has 3 heteroatoms. The van der Waals surface area contributed by atoms with Gasteiger partial charge in [-0.15, -0.1) is 0 Å². The highest BCUT2D eigenvalue weighted by atomic mass is 16.7. The lowest BCUT2D eigenvalue weighted by atomic mass is 10.2. The Hall–Kier alpha value is -0.670. The first-order valence-electron chi connectivity index (χ1n) is 4.15. The van der Waals surface area contributed by atoms with Crippen LogP contribution in [0.25, 0.3) is 0 Å². The van der Waals surface area contributed by atoms with E-state index in [2.05, 4.69) is 0 Å². The molecule has 0 spiro atoms. The Balaban J connectivity index is 2.40. The molecular formula is C9H14O3. The number of ether oxygens (including phenoxy) is 2. The molecule has 0 radical (unpaired) electrons. The fourth-order valence-corrected chi connectivity index (χ4v) is 1.03. The topological polar surface area (TPSA) is 35.5 Å². The number of carbonyl (C=O) groups excluding carboxylic acids is 1. The molecule has 0 aromatic rings. The zero-order valence-corrected chi connectivity index (χ0v) is 7.40. The van der Waals surface area contributed by atoms with Gasteiger partial charge in [-0.1, -0.05) is 6.08 Å². The Kier molecular flexibility index (Phi) is 3.44. The molecular weight excluding hydrogens is 156 g/mol. The molecule has 12 heavy (non-hydrogen) atoms. The van der Waals surface area contributed by atoms with Gasteiger partial charge in [0.2, 0.25) is 0 Å². The lowest BCUT2D eigenvalue weighted by Gasteiger charge is -2.23. The minimum atomic E-state index is -0.353. The molecule has 68 valence electrons. The van der Waals surface area contributed by atoms with Crippen molar-refractivity contribution in [3.05, 3.63) is 12.2 Å². The molecule has 0 aliphatic carbocycles. The maximum atomic E-state index is 10.4. The predicted molar refractivity (Wildman–Crippen MR) is 44.7 cm³/mol. The lowest BCUT2D eigenvalue weighted by Crippen LogP contribution is -2.29. The summed E-state index contributed by atoms with van der Waals surface area (Å²) in [5.74, 6) is 0. The van der Waals surface area contributed by atoms with Crippen LogP contribution in [0, 0.1) is 0 Å². The van der Waals surface area contributed by atoms with Crippen LogP contribution in [0.15, 0.2) is 12.2 Å². The van der Waals surface area contributed by atoms with Gasteiger partial charge in [-0.05, 0) is 26.3 Å². The molecule has 0 unspecified atom stereocenters. The number of hydrogen-bond donors (Lipinski definition) is 0. The quantitative estimate of drug-likeness (QED) is 0.473. The van der Waals surface area contributed by atoms with E-state index in [1.54, 1.807) is 0 Å². The number of aldehydes is 1. The molecule has 0 fully saturated rings. The van der Waals surface area contributed by atoms with E-state index >= 15 is 0 Å². The number of rotatable bonds is 3. The first-order valence-corrected chi connectivity index (χ1v) is 4.15. The highest BCUT2D eigenvalue weighted by Crippen LogP contribution is 2.12. The maximum absolute atomic E-state index is 10.4. The SMILES string of the molecule is CC(C)O[C@@H]1C=CC[C@H](C=O)O1. The van der Waals surface area contributed by atoms with Crippen molar-refractivity contribution in [2.75, 3.05) is 0 Å². The van der Waals surface area contributed by atoms with Crippen molar-refractivity contribution in [3.8, 4) is 0 Å². The molecule has 3 nitrogen and oxygen atoms in total. The van der Waals surface area contributed by atoms with E-state index in [0.29, 0.717) is 6.42 Å². The summed E-state index contributed by atoms with van der Waals surface area (Å²) in [5, 5.41) is 0. The summed E-state index contributed by atoms with van der Waals surface area (Å²) >= 11 is 0. The largest absolute Gasteiger partial charge is 0.346 e. The van der Waals surface area contributed by atoms with Crippen LogP contribution in [0.2, 0.25) is 0 Å². The highest BCUT2D eigenvalue weighted by molar-refractivity contribution is 5.56. The Morgan fingerprint density at radius 2 is 2.42 bits per heavy atom. The van der Waals surface area contributed by atoms with Crippen LogP contribution >= 0.6 is 0 Å². The highest BCUT2D eigenvalue weighted by Gasteiger charge is 2.18. The Morgan fingerprint density at radius 3 is 3.00 bits per heavy atom. The van der Waals surface area contributed by atoms with Crippen LogP contribution in [0.3, 0.4) is 0 Å². The molecule has 1 aliphatic heterocycles. The van der Waals surface area contributed by atoms with Crippen molar-refractivity contribution in [1.82, 2.24) is 0 Å². The lowest BCUT2D eigenvalue weighted by molar-refractivity contribution is -0.167. The molecule has 0 N–H and O–H groups in total. The number of carbonyl (C=O) groups is 1. The fourth-order valence-electron chi connectivity index (χ4n) is 1.03. The smallest absolute Gasteiger partial charge is 0.178 e. The molecule has 2 atom stereocenters. The van der Waals surface area contributed by atoms with Crippen LogP contribution in [0.1, 0.15) is 20.3 Å². The second kappa shape index (κ2) is 4.38. The molecule has 0 bridgehead atoms.